The average molecular weight is 357 g/mol. The second kappa shape index (κ2) is 5.43. The van der Waals surface area contributed by atoms with Gasteiger partial charge in [-0.15, -0.1) is 0 Å². The Morgan fingerprint density at radius 1 is 1.35 bits per heavy atom. The number of nitrogens with zero attached hydrogens (tertiary/aromatic N) is 1. The highest BCUT2D eigenvalue weighted by Gasteiger charge is 2.46. The lowest BCUT2D eigenvalue weighted by Crippen LogP contribution is -2.35. The van der Waals surface area contributed by atoms with Gasteiger partial charge in [-0.25, -0.2) is 0 Å². The van der Waals surface area contributed by atoms with Crippen molar-refractivity contribution in [3.05, 3.63) is 24.0 Å². The minimum absolute atomic E-state index is 0.104. The molecule has 0 aliphatic heterocycles. The van der Waals surface area contributed by atoms with Gasteiger partial charge < -0.3 is 9.47 Å². The summed E-state index contributed by atoms with van der Waals surface area (Å²) in [5.41, 5.74) is -1.01. The molecule has 1 aromatic rings. The number of hydrogen-bond acceptors (Lipinski definition) is 3. The molecule has 0 radical (unpaired) electrons. The molecule has 1 aromatic heterocycles. The van der Waals surface area contributed by atoms with E-state index in [4.69, 9.17) is 9.47 Å². The smallest absolute Gasteiger partial charge is 0.306 e. The first-order chi connectivity index (χ1) is 7.79. The van der Waals surface area contributed by atoms with Crippen LogP contribution in [0.15, 0.2) is 18.3 Å². The first-order valence-electron chi connectivity index (χ1n) is 4.94. The van der Waals surface area contributed by atoms with Gasteiger partial charge in [0.15, 0.2) is 6.79 Å². The molecule has 0 amide bonds. The number of aromatic nitrogens is 1. The van der Waals surface area contributed by atoms with E-state index >= 15 is 0 Å². The molecule has 0 unspecified atom stereocenters. The Hall–Kier alpha value is -0.500. The van der Waals surface area contributed by atoms with Crippen molar-refractivity contribution in [1.29, 1.82) is 0 Å². The van der Waals surface area contributed by atoms with E-state index in [-0.39, 0.29) is 6.79 Å². The highest BCUT2D eigenvalue weighted by Crippen LogP contribution is 2.43. The van der Waals surface area contributed by atoms with Crippen LogP contribution in [0.1, 0.15) is 19.5 Å². The Morgan fingerprint density at radius 3 is 2.41 bits per heavy atom. The standard InChI is InChI=1S/C11H14F2INO2/c1-10(2,11(12,13)14)9-5-4-8(6-15-9)17-7-16-3/h4-6H,7H2,1-3H3. The van der Waals surface area contributed by atoms with Gasteiger partial charge in [0.25, 0.3) is 0 Å². The number of methoxy groups -OCH3 is 1. The molecule has 0 saturated heterocycles. The van der Waals surface area contributed by atoms with Crippen molar-refractivity contribution < 1.29 is 18.3 Å². The van der Waals surface area contributed by atoms with E-state index in [9.17, 15) is 8.78 Å². The fourth-order valence-electron chi connectivity index (χ4n) is 1.11. The van der Waals surface area contributed by atoms with Crippen LogP contribution in [-0.4, -0.2) is 22.8 Å². The number of pyridine rings is 1. The van der Waals surface area contributed by atoms with Gasteiger partial charge in [-0.3, -0.25) is 4.98 Å². The van der Waals surface area contributed by atoms with Crippen LogP contribution in [0.4, 0.5) is 8.78 Å². The second-order valence-corrected chi connectivity index (χ2v) is 5.41. The van der Waals surface area contributed by atoms with Crippen molar-refractivity contribution in [2.75, 3.05) is 13.9 Å². The van der Waals surface area contributed by atoms with Gasteiger partial charge in [-0.05, 0) is 48.6 Å². The third-order valence-corrected chi connectivity index (χ3v) is 3.78. The van der Waals surface area contributed by atoms with Crippen LogP contribution >= 0.6 is 22.6 Å². The van der Waals surface area contributed by atoms with Gasteiger partial charge in [0.2, 0.25) is 0 Å². The van der Waals surface area contributed by atoms with Gasteiger partial charge in [-0.2, -0.15) is 8.78 Å². The third-order valence-electron chi connectivity index (χ3n) is 2.43. The van der Waals surface area contributed by atoms with E-state index in [1.54, 1.807) is 6.07 Å². The zero-order valence-electron chi connectivity index (χ0n) is 9.84. The molecule has 0 aromatic carbocycles. The monoisotopic (exact) mass is 357 g/mol. The molecule has 6 heteroatoms. The molecule has 1 rings (SSSR count). The molecule has 0 aliphatic carbocycles. The summed E-state index contributed by atoms with van der Waals surface area (Å²) in [6.45, 7) is 3.02. The molecule has 0 N–H and O–H groups in total. The fourth-order valence-corrected chi connectivity index (χ4v) is 1.38. The van der Waals surface area contributed by atoms with Gasteiger partial charge >= 0.3 is 3.93 Å². The lowest BCUT2D eigenvalue weighted by Gasteiger charge is -2.29. The van der Waals surface area contributed by atoms with Gasteiger partial charge in [0.1, 0.15) is 5.75 Å². The minimum atomic E-state index is -2.87. The molecule has 1 heterocycles. The van der Waals surface area contributed by atoms with E-state index in [1.165, 1.54) is 33.2 Å². The predicted molar refractivity (Wildman–Crippen MR) is 68.7 cm³/mol. The van der Waals surface area contributed by atoms with Crippen molar-refractivity contribution >= 4 is 22.6 Å². The van der Waals surface area contributed by atoms with Crippen LogP contribution in [0.2, 0.25) is 0 Å². The Labute approximate surface area is 113 Å². The first kappa shape index (κ1) is 14.6. The number of alkyl halides is 3. The zero-order chi connectivity index (χ0) is 13.1. The third kappa shape index (κ3) is 3.48. The van der Waals surface area contributed by atoms with Gasteiger partial charge in [-0.1, -0.05) is 0 Å². The lowest BCUT2D eigenvalue weighted by atomic mass is 9.89. The van der Waals surface area contributed by atoms with Crippen LogP contribution in [0.25, 0.3) is 0 Å². The van der Waals surface area contributed by atoms with Gasteiger partial charge in [0.05, 0.1) is 17.3 Å². The van der Waals surface area contributed by atoms with Crippen molar-refractivity contribution in [2.24, 2.45) is 0 Å². The number of rotatable bonds is 5. The van der Waals surface area contributed by atoms with Crippen LogP contribution in [-0.2, 0) is 10.2 Å². The van der Waals surface area contributed by atoms with E-state index < -0.39 is 9.34 Å². The normalized spacial score (nSPS) is 12.6. The maximum absolute atomic E-state index is 13.4. The summed E-state index contributed by atoms with van der Waals surface area (Å²) >= 11 is 1.13. The molecule has 96 valence electrons. The topological polar surface area (TPSA) is 31.4 Å². The Balaban J connectivity index is 2.87. The highest BCUT2D eigenvalue weighted by molar-refractivity contribution is 14.1. The summed E-state index contributed by atoms with van der Waals surface area (Å²) in [4.78, 5) is 4.00. The molecule has 17 heavy (non-hydrogen) atoms. The number of hydrogen-bond donors (Lipinski definition) is 0. The summed E-state index contributed by atoms with van der Waals surface area (Å²) < 4.78 is 33.8. The molecule has 0 spiro atoms. The number of halogens is 3. The molecular weight excluding hydrogens is 343 g/mol. The van der Waals surface area contributed by atoms with E-state index in [1.807, 2.05) is 0 Å². The van der Waals surface area contributed by atoms with E-state index in [0.29, 0.717) is 11.4 Å². The second-order valence-electron chi connectivity index (χ2n) is 4.05. The lowest BCUT2D eigenvalue weighted by molar-refractivity contribution is 0.0456. The molecular formula is C11H14F2INO2. The zero-order valence-corrected chi connectivity index (χ0v) is 12.0. The van der Waals surface area contributed by atoms with Gasteiger partial charge in [0, 0.05) is 7.11 Å². The maximum Gasteiger partial charge on any atom is 0.306 e. The Kier molecular flexibility index (Phi) is 4.65. The summed E-state index contributed by atoms with van der Waals surface area (Å²) in [6.07, 6.45) is 1.42. The van der Waals surface area contributed by atoms with Crippen molar-refractivity contribution in [2.45, 2.75) is 23.2 Å². The van der Waals surface area contributed by atoms with E-state index in [0.717, 1.165) is 22.6 Å². The fraction of sp³-hybridized carbons (Fsp3) is 0.545. The summed E-state index contributed by atoms with van der Waals surface area (Å²) in [6, 6.07) is 3.14. The molecule has 0 fully saturated rings. The molecule has 0 aliphatic rings. The first-order valence-corrected chi connectivity index (χ1v) is 6.02. The Bertz CT molecular complexity index is 363. The average Bonchev–Trinajstić information content (AvgIpc) is 2.25. The quantitative estimate of drug-likeness (QED) is 0.460. The molecule has 0 bridgehead atoms. The van der Waals surface area contributed by atoms with Crippen LogP contribution in [0, 0.1) is 0 Å². The van der Waals surface area contributed by atoms with Crippen LogP contribution < -0.4 is 4.74 Å². The minimum Gasteiger partial charge on any atom is -0.466 e. The predicted octanol–water partition coefficient (Wildman–Crippen LogP) is 3.37. The summed E-state index contributed by atoms with van der Waals surface area (Å²) in [7, 11) is 1.50. The Morgan fingerprint density at radius 2 is 2.00 bits per heavy atom. The van der Waals surface area contributed by atoms with Crippen molar-refractivity contribution in [1.82, 2.24) is 4.98 Å². The summed E-state index contributed by atoms with van der Waals surface area (Å²) in [5, 5.41) is 0. The van der Waals surface area contributed by atoms with Crippen molar-refractivity contribution in [3.8, 4) is 5.75 Å². The van der Waals surface area contributed by atoms with Crippen LogP contribution in [0.3, 0.4) is 0 Å². The molecule has 0 saturated carbocycles. The SMILES string of the molecule is COCOc1ccc(C(C)(C)C(F)(F)I)nc1. The van der Waals surface area contributed by atoms with Crippen molar-refractivity contribution in [3.63, 3.8) is 0 Å². The highest BCUT2D eigenvalue weighted by atomic mass is 127. The van der Waals surface area contributed by atoms with E-state index in [2.05, 4.69) is 4.98 Å². The number of ether oxygens (including phenoxy) is 2. The molecule has 3 nitrogen and oxygen atoms in total. The maximum atomic E-state index is 13.4. The summed E-state index contributed by atoms with van der Waals surface area (Å²) in [5.74, 6) is 0.489. The van der Waals surface area contributed by atoms with Crippen LogP contribution in [0.5, 0.6) is 5.75 Å². The largest absolute Gasteiger partial charge is 0.466 e. The molecule has 0 atom stereocenters.